The first-order chi connectivity index (χ1) is 8.59. The van der Waals surface area contributed by atoms with Gasteiger partial charge in [-0.2, -0.15) is 0 Å². The monoisotopic (exact) mass is 251 g/mol. The Hall–Kier alpha value is -1.09. The maximum Gasteiger partial charge on any atom is 0.124 e. The molecule has 1 aromatic rings. The number of nitrogens with two attached hydrogens (primary N) is 1. The van der Waals surface area contributed by atoms with Gasteiger partial charge in [0, 0.05) is 11.1 Å². The smallest absolute Gasteiger partial charge is 0.124 e. The van der Waals surface area contributed by atoms with Crippen LogP contribution in [0.15, 0.2) is 18.2 Å². The lowest BCUT2D eigenvalue weighted by Gasteiger charge is -2.38. The van der Waals surface area contributed by atoms with Crippen LogP contribution in [0.5, 0.6) is 5.75 Å². The van der Waals surface area contributed by atoms with E-state index in [1.807, 2.05) is 0 Å². The lowest BCUT2D eigenvalue weighted by atomic mass is 9.72. The third-order valence-electron chi connectivity index (χ3n) is 4.27. The molecule has 1 aliphatic rings. The molecular weight excluding hydrogens is 229 g/mol. The van der Waals surface area contributed by atoms with E-state index in [9.17, 15) is 4.39 Å². The van der Waals surface area contributed by atoms with Gasteiger partial charge in [0.2, 0.25) is 0 Å². The minimum absolute atomic E-state index is 0.242. The lowest BCUT2D eigenvalue weighted by Crippen LogP contribution is -2.40. The van der Waals surface area contributed by atoms with Crippen molar-refractivity contribution < 1.29 is 9.13 Å². The van der Waals surface area contributed by atoms with Crippen LogP contribution in [0.25, 0.3) is 0 Å². The summed E-state index contributed by atoms with van der Waals surface area (Å²) >= 11 is 0. The summed E-state index contributed by atoms with van der Waals surface area (Å²) in [6.07, 6.45) is 5.26. The summed E-state index contributed by atoms with van der Waals surface area (Å²) in [5.41, 5.74) is 6.88. The second kappa shape index (κ2) is 5.27. The summed E-state index contributed by atoms with van der Waals surface area (Å²) < 4.78 is 18.8. The van der Waals surface area contributed by atoms with E-state index in [1.54, 1.807) is 13.2 Å². The van der Waals surface area contributed by atoms with Gasteiger partial charge < -0.3 is 10.5 Å². The number of rotatable bonds is 3. The van der Waals surface area contributed by atoms with Gasteiger partial charge in [-0.05, 0) is 49.8 Å². The zero-order valence-electron chi connectivity index (χ0n) is 11.2. The van der Waals surface area contributed by atoms with Gasteiger partial charge in [-0.1, -0.05) is 13.3 Å². The van der Waals surface area contributed by atoms with Gasteiger partial charge in [-0.25, -0.2) is 4.39 Å². The molecule has 0 heterocycles. The molecule has 2 N–H and O–H groups in total. The number of benzene rings is 1. The predicted octanol–water partition coefficient (Wildman–Crippen LogP) is 3.59. The van der Waals surface area contributed by atoms with E-state index in [2.05, 4.69) is 6.92 Å². The number of halogens is 1. The fourth-order valence-corrected chi connectivity index (χ4v) is 2.94. The van der Waals surface area contributed by atoms with Crippen molar-refractivity contribution in [2.45, 2.75) is 44.6 Å². The van der Waals surface area contributed by atoms with Crippen LogP contribution in [0.4, 0.5) is 4.39 Å². The van der Waals surface area contributed by atoms with E-state index >= 15 is 0 Å². The largest absolute Gasteiger partial charge is 0.496 e. The third-order valence-corrected chi connectivity index (χ3v) is 4.27. The summed E-state index contributed by atoms with van der Waals surface area (Å²) in [7, 11) is 1.61. The van der Waals surface area contributed by atoms with Crippen molar-refractivity contribution >= 4 is 0 Å². The van der Waals surface area contributed by atoms with Gasteiger partial charge in [-0.15, -0.1) is 0 Å². The van der Waals surface area contributed by atoms with E-state index in [0.717, 1.165) is 37.2 Å². The van der Waals surface area contributed by atoms with E-state index in [4.69, 9.17) is 10.5 Å². The predicted molar refractivity (Wildman–Crippen MR) is 71.1 cm³/mol. The molecule has 0 spiro atoms. The highest BCUT2D eigenvalue weighted by atomic mass is 19.1. The SMILES string of the molecule is CCC1CCC(N)(c2cc(F)ccc2OC)CC1. The number of hydrogen-bond acceptors (Lipinski definition) is 2. The molecule has 0 saturated heterocycles. The highest BCUT2D eigenvalue weighted by Gasteiger charge is 2.35. The summed E-state index contributed by atoms with van der Waals surface area (Å²) in [4.78, 5) is 0. The van der Waals surface area contributed by atoms with Crippen LogP contribution >= 0.6 is 0 Å². The van der Waals surface area contributed by atoms with Crippen LogP contribution in [0, 0.1) is 11.7 Å². The molecule has 0 amide bonds. The Morgan fingerprint density at radius 1 is 1.39 bits per heavy atom. The first kappa shape index (κ1) is 13.3. The van der Waals surface area contributed by atoms with Crippen LogP contribution in [0.2, 0.25) is 0 Å². The number of methoxy groups -OCH3 is 1. The van der Waals surface area contributed by atoms with Gasteiger partial charge in [-0.3, -0.25) is 0 Å². The van der Waals surface area contributed by atoms with Crippen molar-refractivity contribution in [3.05, 3.63) is 29.6 Å². The zero-order valence-corrected chi connectivity index (χ0v) is 11.2. The Bertz CT molecular complexity index is 411. The van der Waals surface area contributed by atoms with Crippen molar-refractivity contribution in [2.24, 2.45) is 11.7 Å². The maximum absolute atomic E-state index is 13.4. The van der Waals surface area contributed by atoms with Crippen molar-refractivity contribution in [1.82, 2.24) is 0 Å². The quantitative estimate of drug-likeness (QED) is 0.891. The lowest BCUT2D eigenvalue weighted by molar-refractivity contribution is 0.225. The van der Waals surface area contributed by atoms with Gasteiger partial charge >= 0.3 is 0 Å². The average molecular weight is 251 g/mol. The molecule has 100 valence electrons. The van der Waals surface area contributed by atoms with E-state index in [-0.39, 0.29) is 5.82 Å². The molecule has 3 heteroatoms. The molecule has 1 aromatic carbocycles. The van der Waals surface area contributed by atoms with Crippen LogP contribution in [0.3, 0.4) is 0 Å². The molecule has 1 saturated carbocycles. The molecule has 1 fully saturated rings. The van der Waals surface area contributed by atoms with Gasteiger partial charge in [0.1, 0.15) is 11.6 Å². The molecule has 0 atom stereocenters. The van der Waals surface area contributed by atoms with Crippen LogP contribution in [0.1, 0.15) is 44.6 Å². The molecule has 0 aromatic heterocycles. The maximum atomic E-state index is 13.4. The molecular formula is C15H22FNO. The molecule has 2 rings (SSSR count). The van der Waals surface area contributed by atoms with E-state index in [0.29, 0.717) is 5.75 Å². The average Bonchev–Trinajstić information content (AvgIpc) is 2.39. The van der Waals surface area contributed by atoms with Crippen molar-refractivity contribution in [3.8, 4) is 5.75 Å². The fourth-order valence-electron chi connectivity index (χ4n) is 2.94. The molecule has 0 bridgehead atoms. The van der Waals surface area contributed by atoms with Gasteiger partial charge in [0.05, 0.1) is 7.11 Å². The van der Waals surface area contributed by atoms with Crippen LogP contribution in [-0.4, -0.2) is 7.11 Å². The molecule has 0 radical (unpaired) electrons. The first-order valence-electron chi connectivity index (χ1n) is 6.72. The summed E-state index contributed by atoms with van der Waals surface area (Å²) in [6.45, 7) is 2.22. The standard InChI is InChI=1S/C15H22FNO/c1-3-11-6-8-15(17,9-7-11)13-10-12(16)4-5-14(13)18-2/h4-5,10-11H,3,6-9,17H2,1-2H3. The Morgan fingerprint density at radius 2 is 2.06 bits per heavy atom. The fraction of sp³-hybridized carbons (Fsp3) is 0.600. The second-order valence-corrected chi connectivity index (χ2v) is 5.35. The third kappa shape index (κ3) is 2.51. The molecule has 0 unspecified atom stereocenters. The molecule has 0 aliphatic heterocycles. The van der Waals surface area contributed by atoms with Crippen molar-refractivity contribution in [2.75, 3.05) is 7.11 Å². The normalized spacial score (nSPS) is 28.1. The first-order valence-corrected chi connectivity index (χ1v) is 6.72. The Kier molecular flexibility index (Phi) is 3.91. The highest BCUT2D eigenvalue weighted by molar-refractivity contribution is 5.39. The molecule has 18 heavy (non-hydrogen) atoms. The summed E-state index contributed by atoms with van der Waals surface area (Å²) in [6, 6.07) is 4.62. The van der Waals surface area contributed by atoms with E-state index < -0.39 is 5.54 Å². The van der Waals surface area contributed by atoms with Crippen molar-refractivity contribution in [3.63, 3.8) is 0 Å². The Morgan fingerprint density at radius 3 is 2.61 bits per heavy atom. The van der Waals surface area contributed by atoms with Crippen LogP contribution in [-0.2, 0) is 5.54 Å². The Balaban J connectivity index is 2.27. The Labute approximate surface area is 108 Å². The van der Waals surface area contributed by atoms with Crippen molar-refractivity contribution in [1.29, 1.82) is 0 Å². The van der Waals surface area contributed by atoms with Gasteiger partial charge in [0.15, 0.2) is 0 Å². The number of hydrogen-bond donors (Lipinski definition) is 1. The van der Waals surface area contributed by atoms with Gasteiger partial charge in [0.25, 0.3) is 0 Å². The minimum atomic E-state index is -0.431. The zero-order chi connectivity index (χ0) is 13.2. The molecule has 1 aliphatic carbocycles. The van der Waals surface area contributed by atoms with Crippen LogP contribution < -0.4 is 10.5 Å². The molecule has 2 nitrogen and oxygen atoms in total. The summed E-state index contributed by atoms with van der Waals surface area (Å²) in [5.74, 6) is 1.23. The topological polar surface area (TPSA) is 35.2 Å². The summed E-state index contributed by atoms with van der Waals surface area (Å²) in [5, 5.41) is 0. The number of ether oxygens (including phenoxy) is 1. The van der Waals surface area contributed by atoms with E-state index in [1.165, 1.54) is 18.6 Å². The highest BCUT2D eigenvalue weighted by Crippen LogP contribution is 2.42. The second-order valence-electron chi connectivity index (χ2n) is 5.35. The minimum Gasteiger partial charge on any atom is -0.496 e.